The van der Waals surface area contributed by atoms with Gasteiger partial charge in [0.1, 0.15) is 12.6 Å². The Hall–Kier alpha value is -3.51. The molecular weight excluding hydrogens is 560 g/mol. The zero-order chi connectivity index (χ0) is 29.6. The van der Waals surface area contributed by atoms with Crippen LogP contribution in [0.1, 0.15) is 55.4 Å². The summed E-state index contributed by atoms with van der Waals surface area (Å²) < 4.78 is 5.34. The van der Waals surface area contributed by atoms with Crippen molar-refractivity contribution in [2.75, 3.05) is 7.05 Å². The zero-order valence-corrected chi connectivity index (χ0v) is 25.7. The SMILES string of the molecule is CC[C@@H](CC[C@H](Cc1ccccc1)NC(=O)[C@@H](NC(=O)N(C)Cc1cncs1)C(C)C)NC(=O)OCc1cncs1. The summed E-state index contributed by atoms with van der Waals surface area (Å²) in [5.74, 6) is -0.350. The number of thiazole rings is 2. The Morgan fingerprint density at radius 3 is 2.20 bits per heavy atom. The molecule has 1 aromatic carbocycles. The summed E-state index contributed by atoms with van der Waals surface area (Å²) in [6, 6.07) is 8.63. The smallest absolute Gasteiger partial charge is 0.407 e. The van der Waals surface area contributed by atoms with Crippen LogP contribution in [0.5, 0.6) is 0 Å². The van der Waals surface area contributed by atoms with E-state index in [1.165, 1.54) is 22.7 Å². The van der Waals surface area contributed by atoms with Gasteiger partial charge in [-0.25, -0.2) is 9.59 Å². The fourth-order valence-corrected chi connectivity index (χ4v) is 5.41. The molecule has 3 atom stereocenters. The van der Waals surface area contributed by atoms with Gasteiger partial charge in [-0.1, -0.05) is 51.1 Å². The van der Waals surface area contributed by atoms with Crippen LogP contribution < -0.4 is 16.0 Å². The number of carbonyl (C=O) groups is 3. The van der Waals surface area contributed by atoms with Crippen molar-refractivity contribution in [1.29, 1.82) is 0 Å². The molecule has 0 fully saturated rings. The van der Waals surface area contributed by atoms with Crippen LogP contribution in [0, 0.1) is 5.92 Å². The lowest BCUT2D eigenvalue weighted by atomic mass is 9.97. The van der Waals surface area contributed by atoms with Gasteiger partial charge in [-0.15, -0.1) is 22.7 Å². The standard InChI is InChI=1S/C29H40N6O4S2/c1-5-22(33-29(38)39-17-25-15-31-19-41-25)11-12-23(13-21-9-7-6-8-10-21)32-27(36)26(20(2)3)34-28(37)35(4)16-24-14-30-18-40-24/h6-10,14-15,18-20,22-23,26H,5,11-13,16-17H2,1-4H3,(H,32,36)(H,33,38)(H,34,37)/t22-,23+,26-/m0/s1. The quantitative estimate of drug-likeness (QED) is 0.226. The van der Waals surface area contributed by atoms with Crippen molar-refractivity contribution >= 4 is 40.7 Å². The topological polar surface area (TPSA) is 126 Å². The van der Waals surface area contributed by atoms with Crippen molar-refractivity contribution in [1.82, 2.24) is 30.8 Å². The van der Waals surface area contributed by atoms with Gasteiger partial charge in [-0.3, -0.25) is 14.8 Å². The minimum absolute atomic E-state index is 0.111. The largest absolute Gasteiger partial charge is 0.444 e. The molecule has 0 radical (unpaired) electrons. The van der Waals surface area contributed by atoms with Gasteiger partial charge in [-0.2, -0.15) is 0 Å². The number of nitrogens with one attached hydrogen (secondary N) is 3. The fraction of sp³-hybridized carbons (Fsp3) is 0.483. The second kappa shape index (κ2) is 16.7. The number of rotatable bonds is 15. The number of nitrogens with zero attached hydrogens (tertiary/aromatic N) is 3. The van der Waals surface area contributed by atoms with E-state index in [1.54, 1.807) is 35.4 Å². The Morgan fingerprint density at radius 1 is 0.927 bits per heavy atom. The molecule has 3 N–H and O–H groups in total. The van der Waals surface area contributed by atoms with E-state index >= 15 is 0 Å². The van der Waals surface area contributed by atoms with Gasteiger partial charge in [0.25, 0.3) is 0 Å². The first-order chi connectivity index (χ1) is 19.7. The summed E-state index contributed by atoms with van der Waals surface area (Å²) in [4.78, 5) is 50.2. The van der Waals surface area contributed by atoms with E-state index in [0.29, 0.717) is 25.8 Å². The first-order valence-corrected chi connectivity index (χ1v) is 15.5. The van der Waals surface area contributed by atoms with Crippen molar-refractivity contribution in [2.24, 2.45) is 5.92 Å². The Bertz CT molecular complexity index is 1190. The summed E-state index contributed by atoms with van der Waals surface area (Å²) in [5.41, 5.74) is 4.52. The number of carbonyl (C=O) groups excluding carboxylic acids is 3. The number of benzene rings is 1. The van der Waals surface area contributed by atoms with E-state index in [2.05, 4.69) is 25.9 Å². The van der Waals surface area contributed by atoms with Crippen LogP contribution in [-0.4, -0.2) is 58.1 Å². The Kier molecular flexibility index (Phi) is 13.0. The molecule has 0 aliphatic heterocycles. The molecule has 0 unspecified atom stereocenters. The van der Waals surface area contributed by atoms with E-state index in [1.807, 2.05) is 51.1 Å². The molecule has 2 heterocycles. The molecule has 0 saturated heterocycles. The van der Waals surface area contributed by atoms with Gasteiger partial charge in [0.05, 0.1) is 22.4 Å². The lowest BCUT2D eigenvalue weighted by molar-refractivity contribution is -0.124. The summed E-state index contributed by atoms with van der Waals surface area (Å²) in [6.07, 6.45) is 5.58. The van der Waals surface area contributed by atoms with E-state index in [4.69, 9.17) is 4.74 Å². The second-order valence-corrected chi connectivity index (χ2v) is 12.2. The number of hydrogen-bond donors (Lipinski definition) is 3. The van der Waals surface area contributed by atoms with Crippen molar-refractivity contribution in [3.05, 3.63) is 69.1 Å². The Labute approximate surface area is 249 Å². The van der Waals surface area contributed by atoms with Crippen LogP contribution in [0.25, 0.3) is 0 Å². The summed E-state index contributed by atoms with van der Waals surface area (Å²) in [6.45, 7) is 6.43. The zero-order valence-electron chi connectivity index (χ0n) is 24.0. The van der Waals surface area contributed by atoms with E-state index in [-0.39, 0.29) is 36.5 Å². The van der Waals surface area contributed by atoms with Crippen molar-refractivity contribution in [3.63, 3.8) is 0 Å². The highest BCUT2D eigenvalue weighted by atomic mass is 32.1. The third kappa shape index (κ3) is 11.1. The third-order valence-electron chi connectivity index (χ3n) is 6.63. The first kappa shape index (κ1) is 32.0. The third-order valence-corrected chi connectivity index (χ3v) is 8.15. The molecule has 41 heavy (non-hydrogen) atoms. The average molecular weight is 601 g/mol. The molecule has 222 valence electrons. The molecule has 0 aliphatic carbocycles. The lowest BCUT2D eigenvalue weighted by Gasteiger charge is -2.28. The monoisotopic (exact) mass is 600 g/mol. The number of hydrogen-bond acceptors (Lipinski definition) is 8. The van der Waals surface area contributed by atoms with E-state index in [0.717, 1.165) is 21.7 Å². The number of alkyl carbamates (subject to hydrolysis) is 1. The Balaban J connectivity index is 1.60. The second-order valence-electron chi connectivity index (χ2n) is 10.3. The number of amides is 4. The van der Waals surface area contributed by atoms with Crippen molar-refractivity contribution in [2.45, 2.75) is 77.7 Å². The highest BCUT2D eigenvalue weighted by Gasteiger charge is 2.28. The van der Waals surface area contributed by atoms with Gasteiger partial charge in [0.15, 0.2) is 0 Å². The molecule has 0 saturated carbocycles. The molecule has 3 aromatic rings. The number of urea groups is 1. The molecule has 10 nitrogen and oxygen atoms in total. The number of ether oxygens (including phenoxy) is 1. The molecule has 3 rings (SSSR count). The fourth-order valence-electron chi connectivity index (χ4n) is 4.26. The summed E-state index contributed by atoms with van der Waals surface area (Å²) in [5, 5.41) is 9.03. The molecule has 2 aromatic heterocycles. The Morgan fingerprint density at radius 2 is 1.59 bits per heavy atom. The molecule has 12 heteroatoms. The normalized spacial score (nSPS) is 13.2. The van der Waals surface area contributed by atoms with Crippen molar-refractivity contribution in [3.8, 4) is 0 Å². The predicted octanol–water partition coefficient (Wildman–Crippen LogP) is 4.98. The van der Waals surface area contributed by atoms with Crippen LogP contribution >= 0.6 is 22.7 Å². The molecule has 0 bridgehead atoms. The lowest BCUT2D eigenvalue weighted by Crippen LogP contribution is -2.54. The maximum atomic E-state index is 13.5. The maximum absolute atomic E-state index is 13.5. The molecule has 0 aliphatic rings. The van der Waals surface area contributed by atoms with Gasteiger partial charge in [0.2, 0.25) is 5.91 Å². The van der Waals surface area contributed by atoms with E-state index in [9.17, 15) is 14.4 Å². The van der Waals surface area contributed by atoms with Gasteiger partial charge in [-0.05, 0) is 37.2 Å². The van der Waals surface area contributed by atoms with Gasteiger partial charge in [0, 0.05) is 36.4 Å². The maximum Gasteiger partial charge on any atom is 0.407 e. The van der Waals surface area contributed by atoms with Crippen LogP contribution in [0.3, 0.4) is 0 Å². The van der Waals surface area contributed by atoms with Crippen LogP contribution in [0.15, 0.2) is 53.7 Å². The molecule has 4 amide bonds. The summed E-state index contributed by atoms with van der Waals surface area (Å²) in [7, 11) is 1.70. The number of aromatic nitrogens is 2. The predicted molar refractivity (Wildman–Crippen MR) is 162 cm³/mol. The first-order valence-electron chi connectivity index (χ1n) is 13.8. The van der Waals surface area contributed by atoms with Gasteiger partial charge < -0.3 is 25.6 Å². The molecule has 0 spiro atoms. The summed E-state index contributed by atoms with van der Waals surface area (Å²) >= 11 is 2.91. The van der Waals surface area contributed by atoms with Crippen LogP contribution in [0.2, 0.25) is 0 Å². The van der Waals surface area contributed by atoms with Gasteiger partial charge >= 0.3 is 12.1 Å². The van der Waals surface area contributed by atoms with Crippen LogP contribution in [0.4, 0.5) is 9.59 Å². The highest BCUT2D eigenvalue weighted by Crippen LogP contribution is 2.14. The van der Waals surface area contributed by atoms with Crippen molar-refractivity contribution < 1.29 is 19.1 Å². The minimum atomic E-state index is -0.702. The highest BCUT2D eigenvalue weighted by molar-refractivity contribution is 7.09. The minimum Gasteiger partial charge on any atom is -0.444 e. The van der Waals surface area contributed by atoms with E-state index < -0.39 is 12.1 Å². The molecular formula is C29H40N6O4S2. The van der Waals surface area contributed by atoms with Crippen LogP contribution in [-0.2, 0) is 29.1 Å². The average Bonchev–Trinajstić information content (AvgIpc) is 3.67.